The minimum absolute atomic E-state index is 0.0376. The van der Waals surface area contributed by atoms with Gasteiger partial charge in [0, 0.05) is 23.5 Å². The highest BCUT2D eigenvalue weighted by Crippen LogP contribution is 2.43. The van der Waals surface area contributed by atoms with Crippen LogP contribution in [0.1, 0.15) is 46.3 Å². The number of hydroxylamine groups is 2. The van der Waals surface area contributed by atoms with Crippen LogP contribution in [0.2, 0.25) is 15.1 Å². The third-order valence-corrected chi connectivity index (χ3v) is 6.63. The van der Waals surface area contributed by atoms with Crippen molar-refractivity contribution in [2.45, 2.75) is 37.8 Å². The number of hydrogen-bond acceptors (Lipinski definition) is 3. The normalized spacial score (nSPS) is 14.6. The summed E-state index contributed by atoms with van der Waals surface area (Å²) in [5.74, 6) is -9.26. The molecule has 226 valence electrons. The third-order valence-electron chi connectivity index (χ3n) is 5.43. The van der Waals surface area contributed by atoms with Crippen LogP contribution in [-0.4, -0.2) is 40.9 Å². The lowest BCUT2D eigenvalue weighted by Crippen LogP contribution is -2.39. The van der Waals surface area contributed by atoms with Gasteiger partial charge in [-0.2, -0.15) is 39.5 Å². The predicted octanol–water partition coefficient (Wildman–Crippen LogP) is 9.31. The van der Waals surface area contributed by atoms with E-state index in [2.05, 4.69) is 0 Å². The number of allylic oxidation sites excluding steroid dienone is 1. The zero-order valence-corrected chi connectivity index (χ0v) is 22.4. The Balaban J connectivity index is 2.47. The minimum atomic E-state index is -5.35. The Morgan fingerprint density at radius 2 is 1.49 bits per heavy atom. The second-order valence-corrected chi connectivity index (χ2v) is 9.82. The summed E-state index contributed by atoms with van der Waals surface area (Å²) in [5, 5.41) is 7.41. The zero-order valence-electron chi connectivity index (χ0n) is 20.2. The molecule has 0 heterocycles. The fraction of sp³-hybridized carbons (Fsp3) is 0.333. The number of hydrogen-bond donors (Lipinski definition) is 1. The van der Waals surface area contributed by atoms with E-state index in [9.17, 15) is 58.7 Å². The Labute approximate surface area is 240 Å². The molecule has 2 aromatic carbocycles. The summed E-state index contributed by atoms with van der Waals surface area (Å²) < 4.78 is 135. The third kappa shape index (κ3) is 9.22. The maximum atomic E-state index is 15.0. The van der Waals surface area contributed by atoms with Gasteiger partial charge in [0.25, 0.3) is 0 Å². The van der Waals surface area contributed by atoms with Crippen LogP contribution >= 0.6 is 34.8 Å². The van der Waals surface area contributed by atoms with E-state index in [1.165, 1.54) is 0 Å². The molecule has 0 aromatic heterocycles. The van der Waals surface area contributed by atoms with Gasteiger partial charge in [-0.3, -0.25) is 14.8 Å². The second kappa shape index (κ2) is 12.8. The van der Waals surface area contributed by atoms with Crippen molar-refractivity contribution in [3.05, 3.63) is 73.7 Å². The SMILES string of the molecule is C[C@@H](CC(=O)c1ccc(/C(F)=C/C(c2cc(Cl)c(Cl)c(Cl)c2)C(F)(F)F)cc1C(F)(F)F)C(=O)N(O)CC(F)(F)F. The van der Waals surface area contributed by atoms with Crippen molar-refractivity contribution in [2.24, 2.45) is 5.92 Å². The molecule has 2 aromatic rings. The molecule has 41 heavy (non-hydrogen) atoms. The number of nitrogens with zero attached hydrogens (tertiary/aromatic N) is 1. The molecule has 0 spiro atoms. The fourth-order valence-electron chi connectivity index (χ4n) is 3.52. The average Bonchev–Trinajstić information content (AvgIpc) is 2.82. The van der Waals surface area contributed by atoms with Crippen LogP contribution in [0.25, 0.3) is 5.83 Å². The molecule has 1 amide bonds. The number of carbonyl (C=O) groups is 2. The summed E-state index contributed by atoms with van der Waals surface area (Å²) in [6, 6.07) is 2.55. The monoisotopic (exact) mass is 661 g/mol. The standard InChI is InChI=1S/C24H16Cl3F10NO3/c1-10(21(40)38(41)9-22(29,30)31)4-19(39)13-3-2-11(5-15(13)24(35,36)37)18(28)8-14(23(32,33)34)12-6-16(25)20(27)17(26)7-12/h2-3,5-8,10,14,41H,4,9H2,1H3/b18-8-/t10-,14?/m0/s1. The number of ketones is 1. The molecule has 17 heteroatoms. The number of alkyl halides is 9. The van der Waals surface area contributed by atoms with Crippen LogP contribution in [0, 0.1) is 5.92 Å². The van der Waals surface area contributed by atoms with Crippen LogP contribution < -0.4 is 0 Å². The maximum absolute atomic E-state index is 15.0. The highest BCUT2D eigenvalue weighted by atomic mass is 35.5. The zero-order chi connectivity index (χ0) is 31.7. The van der Waals surface area contributed by atoms with Gasteiger partial charge in [-0.25, -0.2) is 9.45 Å². The Morgan fingerprint density at radius 3 is 1.95 bits per heavy atom. The Morgan fingerprint density at radius 1 is 0.951 bits per heavy atom. The van der Waals surface area contributed by atoms with Gasteiger partial charge in [0.15, 0.2) is 5.78 Å². The van der Waals surface area contributed by atoms with E-state index in [0.29, 0.717) is 12.1 Å². The molecular formula is C24H16Cl3F10NO3. The van der Waals surface area contributed by atoms with Gasteiger partial charge >= 0.3 is 18.5 Å². The number of halogens is 13. The van der Waals surface area contributed by atoms with Crippen molar-refractivity contribution in [2.75, 3.05) is 6.54 Å². The van der Waals surface area contributed by atoms with Gasteiger partial charge in [-0.15, -0.1) is 0 Å². The smallest absolute Gasteiger partial charge is 0.294 e. The molecule has 2 rings (SSSR count). The van der Waals surface area contributed by atoms with Gasteiger partial charge in [0.05, 0.1) is 20.6 Å². The van der Waals surface area contributed by atoms with Crippen molar-refractivity contribution in [1.29, 1.82) is 0 Å². The van der Waals surface area contributed by atoms with Gasteiger partial charge in [-0.1, -0.05) is 53.9 Å². The molecule has 0 saturated heterocycles. The largest absolute Gasteiger partial charge is 0.417 e. The molecule has 0 aliphatic heterocycles. The first kappa shape index (κ1) is 34.7. The van der Waals surface area contributed by atoms with Crippen molar-refractivity contribution in [3.8, 4) is 0 Å². The highest BCUT2D eigenvalue weighted by molar-refractivity contribution is 6.48. The Hall–Kier alpha value is -2.55. The summed E-state index contributed by atoms with van der Waals surface area (Å²) >= 11 is 17.2. The molecule has 0 radical (unpaired) electrons. The van der Waals surface area contributed by atoms with Crippen molar-refractivity contribution >= 4 is 52.3 Å². The first-order valence-electron chi connectivity index (χ1n) is 10.9. The molecule has 0 fully saturated rings. The molecule has 4 nitrogen and oxygen atoms in total. The Kier molecular flexibility index (Phi) is 10.8. The highest BCUT2D eigenvalue weighted by Gasteiger charge is 2.41. The number of carbonyl (C=O) groups excluding carboxylic acids is 2. The van der Waals surface area contributed by atoms with Crippen LogP contribution in [0.15, 0.2) is 36.4 Å². The van der Waals surface area contributed by atoms with Gasteiger partial charge in [-0.05, 0) is 29.8 Å². The van der Waals surface area contributed by atoms with Crippen LogP contribution in [-0.2, 0) is 11.0 Å². The van der Waals surface area contributed by atoms with Crippen molar-refractivity contribution in [3.63, 3.8) is 0 Å². The van der Waals surface area contributed by atoms with Crippen LogP contribution in [0.5, 0.6) is 0 Å². The van der Waals surface area contributed by atoms with E-state index < -0.39 is 98.2 Å². The van der Waals surface area contributed by atoms with Crippen molar-refractivity contribution < 1.29 is 58.7 Å². The van der Waals surface area contributed by atoms with Crippen molar-refractivity contribution in [1.82, 2.24) is 5.06 Å². The molecule has 1 unspecified atom stereocenters. The lowest BCUT2D eigenvalue weighted by molar-refractivity contribution is -0.215. The quantitative estimate of drug-likeness (QED) is 0.101. The molecule has 0 aliphatic carbocycles. The van der Waals surface area contributed by atoms with Crippen LogP contribution in [0.4, 0.5) is 43.9 Å². The number of Topliss-reactive ketones (excluding diaryl/α,β-unsaturated/α-hetero) is 1. The fourth-order valence-corrected chi connectivity index (χ4v) is 4.14. The van der Waals surface area contributed by atoms with E-state index >= 15 is 0 Å². The summed E-state index contributed by atoms with van der Waals surface area (Å²) in [4.78, 5) is 24.4. The summed E-state index contributed by atoms with van der Waals surface area (Å²) in [5.41, 5.74) is -4.62. The molecule has 1 N–H and O–H groups in total. The van der Waals surface area contributed by atoms with E-state index in [1.807, 2.05) is 0 Å². The maximum Gasteiger partial charge on any atom is 0.417 e. The first-order valence-corrected chi connectivity index (χ1v) is 12.1. The lowest BCUT2D eigenvalue weighted by Gasteiger charge is -2.21. The predicted molar refractivity (Wildman–Crippen MR) is 128 cm³/mol. The topological polar surface area (TPSA) is 57.6 Å². The van der Waals surface area contributed by atoms with E-state index in [1.54, 1.807) is 0 Å². The van der Waals surface area contributed by atoms with E-state index in [-0.39, 0.29) is 17.2 Å². The number of rotatable bonds is 8. The molecule has 0 saturated carbocycles. The van der Waals surface area contributed by atoms with Gasteiger partial charge in [0.1, 0.15) is 18.3 Å². The van der Waals surface area contributed by atoms with E-state index in [4.69, 9.17) is 34.8 Å². The summed E-state index contributed by atoms with van der Waals surface area (Å²) in [6.45, 7) is -1.23. The number of benzene rings is 2. The lowest BCUT2D eigenvalue weighted by atomic mass is 9.92. The Bertz CT molecular complexity index is 1320. The van der Waals surface area contributed by atoms with Crippen LogP contribution in [0.3, 0.4) is 0 Å². The minimum Gasteiger partial charge on any atom is -0.294 e. The average molecular weight is 663 g/mol. The first-order chi connectivity index (χ1) is 18.5. The van der Waals surface area contributed by atoms with Gasteiger partial charge in [0.2, 0.25) is 5.91 Å². The van der Waals surface area contributed by atoms with E-state index in [0.717, 1.165) is 19.1 Å². The van der Waals surface area contributed by atoms with Gasteiger partial charge < -0.3 is 0 Å². The number of amides is 1. The summed E-state index contributed by atoms with van der Waals surface area (Å²) in [7, 11) is 0. The molecule has 0 aliphatic rings. The molecule has 0 bridgehead atoms. The summed E-state index contributed by atoms with van der Waals surface area (Å²) in [6.07, 6.45) is -16.7. The molecule has 2 atom stereocenters. The molecular weight excluding hydrogens is 647 g/mol. The second-order valence-electron chi connectivity index (χ2n) is 8.63.